The van der Waals surface area contributed by atoms with Gasteiger partial charge in [0.05, 0.1) is 25.9 Å². The number of primary amides is 1. The molecule has 1 heterocycles. The molecule has 1 amide bonds. The number of rotatable bonds is 7. The molecule has 3 aromatic rings. The van der Waals surface area contributed by atoms with Gasteiger partial charge < -0.3 is 19.9 Å². The number of carbonyl (C=O) groups excluding carboxylic acids is 2. The van der Waals surface area contributed by atoms with Crippen molar-refractivity contribution in [3.8, 4) is 17.2 Å². The van der Waals surface area contributed by atoms with E-state index in [9.17, 15) is 9.59 Å². The maximum Gasteiger partial charge on any atom is 0.250 e. The fraction of sp³-hybridized carbons (Fsp3) is 0.227. The number of methoxy groups -OCH3 is 2. The molecule has 0 unspecified atom stereocenters. The highest BCUT2D eigenvalue weighted by atomic mass is 16.5. The lowest BCUT2D eigenvalue weighted by Gasteiger charge is -2.14. The molecule has 0 aliphatic rings. The van der Waals surface area contributed by atoms with Crippen LogP contribution in [0.5, 0.6) is 17.2 Å². The molecule has 2 aromatic carbocycles. The number of hydrogen-bond acceptors (Lipinski definition) is 6. The van der Waals surface area contributed by atoms with Gasteiger partial charge in [-0.15, -0.1) is 0 Å². The van der Waals surface area contributed by atoms with Crippen LogP contribution in [0.3, 0.4) is 0 Å². The number of ether oxygens (including phenoxy) is 3. The van der Waals surface area contributed by atoms with Gasteiger partial charge in [0.15, 0.2) is 11.5 Å². The number of pyridine rings is 1. The lowest BCUT2D eigenvalue weighted by Crippen LogP contribution is -2.14. The fourth-order valence-corrected chi connectivity index (χ4v) is 3.06. The van der Waals surface area contributed by atoms with Crippen LogP contribution in [0.2, 0.25) is 0 Å². The first kappa shape index (κ1) is 20.1. The molecular formula is C22H22N2O5. The number of fused-ring (bicyclic) bond motifs is 1. The summed E-state index contributed by atoms with van der Waals surface area (Å²) >= 11 is 0. The van der Waals surface area contributed by atoms with Crippen LogP contribution >= 0.6 is 0 Å². The molecule has 1 aromatic heterocycles. The summed E-state index contributed by atoms with van der Waals surface area (Å²) in [5, 5.41) is 0.905. The molecular weight excluding hydrogens is 372 g/mol. The molecule has 2 N–H and O–H groups in total. The van der Waals surface area contributed by atoms with E-state index in [-0.39, 0.29) is 23.1 Å². The second-order valence-corrected chi connectivity index (χ2v) is 6.66. The minimum atomic E-state index is -0.652. The highest BCUT2D eigenvalue weighted by molar-refractivity contribution is 6.18. The third-order valence-corrected chi connectivity index (χ3v) is 4.34. The maximum absolute atomic E-state index is 13.2. The monoisotopic (exact) mass is 394 g/mol. The van der Waals surface area contributed by atoms with Crippen LogP contribution in [0, 0.1) is 0 Å². The maximum atomic E-state index is 13.2. The number of amides is 1. The summed E-state index contributed by atoms with van der Waals surface area (Å²) in [6.07, 6.45) is 1.28. The Morgan fingerprint density at radius 2 is 1.66 bits per heavy atom. The number of nitrogens with zero attached hydrogens (tertiary/aromatic N) is 1. The summed E-state index contributed by atoms with van der Waals surface area (Å²) in [5.41, 5.74) is 6.27. The molecule has 0 spiro atoms. The molecule has 29 heavy (non-hydrogen) atoms. The normalized spacial score (nSPS) is 10.8. The molecule has 0 radical (unpaired) electrons. The topological polar surface area (TPSA) is 101 Å². The molecule has 0 aliphatic carbocycles. The Hall–Kier alpha value is -3.61. The molecule has 7 nitrogen and oxygen atoms in total. The van der Waals surface area contributed by atoms with E-state index >= 15 is 0 Å². The lowest BCUT2D eigenvalue weighted by atomic mass is 9.98. The molecule has 0 atom stereocenters. The Kier molecular flexibility index (Phi) is 5.68. The van der Waals surface area contributed by atoms with Crippen molar-refractivity contribution in [1.29, 1.82) is 0 Å². The van der Waals surface area contributed by atoms with E-state index in [2.05, 4.69) is 4.98 Å². The van der Waals surface area contributed by atoms with Crippen LogP contribution in [0.1, 0.15) is 40.3 Å². The van der Waals surface area contributed by atoms with Crippen LogP contribution in [0.25, 0.3) is 10.8 Å². The van der Waals surface area contributed by atoms with Gasteiger partial charge >= 0.3 is 0 Å². The van der Waals surface area contributed by atoms with E-state index < -0.39 is 5.91 Å². The van der Waals surface area contributed by atoms with E-state index in [4.69, 9.17) is 19.9 Å². The van der Waals surface area contributed by atoms with Crippen molar-refractivity contribution in [1.82, 2.24) is 4.98 Å². The largest absolute Gasteiger partial charge is 0.493 e. The van der Waals surface area contributed by atoms with Gasteiger partial charge in [0.1, 0.15) is 11.4 Å². The summed E-state index contributed by atoms with van der Waals surface area (Å²) in [7, 11) is 2.98. The van der Waals surface area contributed by atoms with Crippen molar-refractivity contribution in [3.63, 3.8) is 0 Å². The summed E-state index contributed by atoms with van der Waals surface area (Å²) in [5.74, 6) is 0.449. The van der Waals surface area contributed by atoms with Crippen molar-refractivity contribution < 1.29 is 23.8 Å². The van der Waals surface area contributed by atoms with Crippen LogP contribution in [0.4, 0.5) is 0 Å². The van der Waals surface area contributed by atoms with E-state index in [1.165, 1.54) is 20.4 Å². The third kappa shape index (κ3) is 3.99. The smallest absolute Gasteiger partial charge is 0.250 e. The first-order valence-corrected chi connectivity index (χ1v) is 9.01. The van der Waals surface area contributed by atoms with Crippen molar-refractivity contribution >= 4 is 22.5 Å². The van der Waals surface area contributed by atoms with E-state index in [1.54, 1.807) is 36.4 Å². The summed E-state index contributed by atoms with van der Waals surface area (Å²) < 4.78 is 16.3. The Bertz CT molecular complexity index is 1090. The van der Waals surface area contributed by atoms with Gasteiger partial charge in [0.2, 0.25) is 5.78 Å². The van der Waals surface area contributed by atoms with Gasteiger partial charge in [0.25, 0.3) is 5.91 Å². The lowest BCUT2D eigenvalue weighted by molar-refractivity contribution is 0.0997. The highest BCUT2D eigenvalue weighted by Gasteiger charge is 2.21. The van der Waals surface area contributed by atoms with E-state index in [0.717, 1.165) is 0 Å². The first-order valence-electron chi connectivity index (χ1n) is 9.01. The molecule has 3 rings (SSSR count). The standard InChI is InChI=1S/C22H22N2O5/c1-12(2)29-14-7-5-6-13(8-14)21(25)20-16-10-19(28-4)18(27-3)9-15(16)17(11-24-20)22(23)26/h5-12H,1-4H3,(H2,23,26). The Morgan fingerprint density at radius 3 is 2.24 bits per heavy atom. The number of aromatic nitrogens is 1. The Morgan fingerprint density at radius 1 is 1.00 bits per heavy atom. The molecule has 150 valence electrons. The predicted molar refractivity (Wildman–Crippen MR) is 109 cm³/mol. The SMILES string of the molecule is COc1cc2c(C(N)=O)cnc(C(=O)c3cccc(OC(C)C)c3)c2cc1OC. The van der Waals surface area contributed by atoms with Gasteiger partial charge in [-0.3, -0.25) is 14.6 Å². The zero-order valence-electron chi connectivity index (χ0n) is 16.7. The average molecular weight is 394 g/mol. The number of carbonyl (C=O) groups is 2. The second kappa shape index (κ2) is 8.18. The average Bonchev–Trinajstić information content (AvgIpc) is 2.70. The minimum Gasteiger partial charge on any atom is -0.493 e. The Labute approximate surface area is 168 Å². The number of nitrogens with two attached hydrogens (primary N) is 1. The summed E-state index contributed by atoms with van der Waals surface area (Å²) in [6.45, 7) is 3.82. The first-order chi connectivity index (χ1) is 13.8. The third-order valence-electron chi connectivity index (χ3n) is 4.34. The van der Waals surface area contributed by atoms with Gasteiger partial charge in [-0.05, 0) is 38.1 Å². The Balaban J connectivity index is 2.20. The van der Waals surface area contributed by atoms with Gasteiger partial charge in [-0.2, -0.15) is 0 Å². The quantitative estimate of drug-likeness (QED) is 0.617. The van der Waals surface area contributed by atoms with Crippen LogP contribution in [0.15, 0.2) is 42.6 Å². The highest BCUT2D eigenvalue weighted by Crippen LogP contribution is 2.35. The fourth-order valence-electron chi connectivity index (χ4n) is 3.06. The van der Waals surface area contributed by atoms with Crippen LogP contribution in [-0.2, 0) is 0 Å². The minimum absolute atomic E-state index is 0.0223. The van der Waals surface area contributed by atoms with Crippen LogP contribution in [-0.4, -0.2) is 37.0 Å². The zero-order chi connectivity index (χ0) is 21.1. The van der Waals surface area contributed by atoms with E-state index in [0.29, 0.717) is 33.6 Å². The molecule has 0 saturated heterocycles. The van der Waals surface area contributed by atoms with Gasteiger partial charge in [-0.1, -0.05) is 12.1 Å². The summed E-state index contributed by atoms with van der Waals surface area (Å²) in [6, 6.07) is 10.1. The predicted octanol–water partition coefficient (Wildman–Crippen LogP) is 3.37. The van der Waals surface area contributed by atoms with Crippen molar-refractivity contribution in [2.24, 2.45) is 5.73 Å². The van der Waals surface area contributed by atoms with E-state index in [1.807, 2.05) is 13.8 Å². The van der Waals surface area contributed by atoms with Crippen molar-refractivity contribution in [2.75, 3.05) is 14.2 Å². The number of ketones is 1. The van der Waals surface area contributed by atoms with Crippen molar-refractivity contribution in [3.05, 3.63) is 59.4 Å². The molecule has 0 bridgehead atoms. The van der Waals surface area contributed by atoms with Gasteiger partial charge in [0, 0.05) is 22.5 Å². The molecule has 7 heteroatoms. The molecule has 0 aliphatic heterocycles. The number of benzene rings is 2. The molecule has 0 saturated carbocycles. The van der Waals surface area contributed by atoms with Gasteiger partial charge in [-0.25, -0.2) is 0 Å². The zero-order valence-corrected chi connectivity index (χ0v) is 16.7. The summed E-state index contributed by atoms with van der Waals surface area (Å²) in [4.78, 5) is 29.3. The number of hydrogen-bond donors (Lipinski definition) is 1. The van der Waals surface area contributed by atoms with Crippen molar-refractivity contribution in [2.45, 2.75) is 20.0 Å². The second-order valence-electron chi connectivity index (χ2n) is 6.66. The van der Waals surface area contributed by atoms with Crippen LogP contribution < -0.4 is 19.9 Å². The molecule has 0 fully saturated rings.